The van der Waals surface area contributed by atoms with Crippen molar-refractivity contribution in [3.63, 3.8) is 0 Å². The minimum absolute atomic E-state index is 0.0603. The van der Waals surface area contributed by atoms with Crippen LogP contribution in [0, 0.1) is 10.8 Å². The molecule has 1 saturated carbocycles. The lowest BCUT2D eigenvalue weighted by atomic mass is 9.60. The van der Waals surface area contributed by atoms with E-state index in [2.05, 4.69) is 29.8 Å². The molecule has 21 heavy (non-hydrogen) atoms. The van der Waals surface area contributed by atoms with Gasteiger partial charge in [0.2, 0.25) is 0 Å². The summed E-state index contributed by atoms with van der Waals surface area (Å²) < 4.78 is 6.86. The third-order valence-electron chi connectivity index (χ3n) is 4.90. The van der Waals surface area contributed by atoms with Gasteiger partial charge in [-0.1, -0.05) is 36.2 Å². The highest BCUT2D eigenvalue weighted by molar-refractivity contribution is 9.10. The first-order valence-corrected chi connectivity index (χ1v) is 8.45. The number of aliphatic hydroxyl groups excluding tert-OH is 1. The van der Waals surface area contributed by atoms with Crippen LogP contribution in [0.3, 0.4) is 0 Å². The Bertz CT molecular complexity index is 460. The largest absolute Gasteiger partial charge is 0.494 e. The standard InChI is InChI=1S/C17H26BrNO2/c1-16(2)8-3-9-17(12-19,15(16)20)10-11-21-14-6-4-13(18)5-7-14/h4-7,15,20H,3,8-12,19H2,1-2H3. The average Bonchev–Trinajstić information content (AvgIpc) is 2.46. The highest BCUT2D eigenvalue weighted by atomic mass is 79.9. The second kappa shape index (κ2) is 6.67. The fourth-order valence-electron chi connectivity index (χ4n) is 3.48. The van der Waals surface area contributed by atoms with Crippen molar-refractivity contribution in [2.75, 3.05) is 13.2 Å². The summed E-state index contributed by atoms with van der Waals surface area (Å²) in [7, 11) is 0. The van der Waals surface area contributed by atoms with E-state index in [1.807, 2.05) is 24.3 Å². The lowest BCUT2D eigenvalue weighted by Crippen LogP contribution is -2.52. The van der Waals surface area contributed by atoms with E-state index in [0.29, 0.717) is 13.2 Å². The molecule has 2 atom stereocenters. The Labute approximate surface area is 136 Å². The summed E-state index contributed by atoms with van der Waals surface area (Å²) in [6.07, 6.45) is 3.60. The molecule has 1 fully saturated rings. The van der Waals surface area contributed by atoms with Gasteiger partial charge in [0.15, 0.2) is 0 Å². The number of aliphatic hydroxyl groups is 1. The number of ether oxygens (including phenoxy) is 1. The predicted molar refractivity (Wildman–Crippen MR) is 89.4 cm³/mol. The Morgan fingerprint density at radius 3 is 2.57 bits per heavy atom. The van der Waals surface area contributed by atoms with Crippen molar-refractivity contribution >= 4 is 15.9 Å². The predicted octanol–water partition coefficient (Wildman–Crippen LogP) is 3.73. The molecule has 0 aliphatic heterocycles. The molecule has 2 unspecified atom stereocenters. The molecular weight excluding hydrogens is 330 g/mol. The van der Waals surface area contributed by atoms with Gasteiger partial charge in [0.1, 0.15) is 5.75 Å². The maximum atomic E-state index is 10.7. The second-order valence-electron chi connectivity index (χ2n) is 6.86. The summed E-state index contributed by atoms with van der Waals surface area (Å²) >= 11 is 3.41. The van der Waals surface area contributed by atoms with Crippen molar-refractivity contribution in [3.05, 3.63) is 28.7 Å². The van der Waals surface area contributed by atoms with Crippen molar-refractivity contribution in [1.29, 1.82) is 0 Å². The van der Waals surface area contributed by atoms with Crippen LogP contribution in [0.2, 0.25) is 0 Å². The van der Waals surface area contributed by atoms with Crippen molar-refractivity contribution in [2.24, 2.45) is 16.6 Å². The van der Waals surface area contributed by atoms with E-state index in [-0.39, 0.29) is 16.9 Å². The molecule has 1 aliphatic carbocycles. The van der Waals surface area contributed by atoms with Crippen LogP contribution >= 0.6 is 15.9 Å². The normalized spacial score (nSPS) is 28.3. The first-order chi connectivity index (χ1) is 9.89. The Morgan fingerprint density at radius 1 is 1.29 bits per heavy atom. The van der Waals surface area contributed by atoms with Crippen LogP contribution in [0.25, 0.3) is 0 Å². The summed E-state index contributed by atoms with van der Waals surface area (Å²) in [6.45, 7) is 5.38. The third kappa shape index (κ3) is 3.79. The van der Waals surface area contributed by atoms with Crippen LogP contribution in [-0.2, 0) is 0 Å². The van der Waals surface area contributed by atoms with Gasteiger partial charge in [-0.25, -0.2) is 0 Å². The average molecular weight is 356 g/mol. The summed E-state index contributed by atoms with van der Waals surface area (Å²) in [5, 5.41) is 10.7. The van der Waals surface area contributed by atoms with E-state index in [0.717, 1.165) is 35.9 Å². The molecule has 0 amide bonds. The molecule has 4 heteroatoms. The summed E-state index contributed by atoms with van der Waals surface area (Å²) in [6, 6.07) is 7.82. The van der Waals surface area contributed by atoms with Crippen LogP contribution < -0.4 is 10.5 Å². The van der Waals surface area contributed by atoms with Gasteiger partial charge in [-0.15, -0.1) is 0 Å². The van der Waals surface area contributed by atoms with E-state index in [1.54, 1.807) is 0 Å². The molecule has 1 aliphatic rings. The molecular formula is C17H26BrNO2. The highest BCUT2D eigenvalue weighted by Gasteiger charge is 2.47. The van der Waals surface area contributed by atoms with Gasteiger partial charge in [-0.05, 0) is 48.9 Å². The maximum absolute atomic E-state index is 10.7. The topological polar surface area (TPSA) is 55.5 Å². The molecule has 118 valence electrons. The SMILES string of the molecule is CC1(C)CCCC(CN)(CCOc2ccc(Br)cc2)C1O. The van der Waals surface area contributed by atoms with E-state index >= 15 is 0 Å². The first kappa shape index (κ1) is 16.8. The Balaban J connectivity index is 1.97. The zero-order valence-electron chi connectivity index (χ0n) is 12.9. The van der Waals surface area contributed by atoms with Gasteiger partial charge in [-0.2, -0.15) is 0 Å². The zero-order valence-corrected chi connectivity index (χ0v) is 14.5. The Hall–Kier alpha value is -0.580. The first-order valence-electron chi connectivity index (χ1n) is 7.66. The number of rotatable bonds is 5. The van der Waals surface area contributed by atoms with E-state index in [1.165, 1.54) is 0 Å². The Morgan fingerprint density at radius 2 is 1.95 bits per heavy atom. The van der Waals surface area contributed by atoms with E-state index in [9.17, 15) is 5.11 Å². The molecule has 0 spiro atoms. The Kier molecular flexibility index (Phi) is 5.33. The van der Waals surface area contributed by atoms with Crippen molar-refractivity contribution in [3.8, 4) is 5.75 Å². The van der Waals surface area contributed by atoms with Gasteiger partial charge in [0.05, 0.1) is 12.7 Å². The zero-order chi connectivity index (χ0) is 15.5. The molecule has 0 saturated heterocycles. The molecule has 0 heterocycles. The van der Waals surface area contributed by atoms with Crippen molar-refractivity contribution in [2.45, 2.75) is 45.6 Å². The van der Waals surface area contributed by atoms with Crippen LogP contribution in [0.5, 0.6) is 5.75 Å². The fourth-order valence-corrected chi connectivity index (χ4v) is 3.74. The molecule has 1 aromatic carbocycles. The monoisotopic (exact) mass is 355 g/mol. The molecule has 2 rings (SSSR count). The number of hydrogen-bond acceptors (Lipinski definition) is 3. The smallest absolute Gasteiger partial charge is 0.119 e. The minimum atomic E-state index is -0.364. The molecule has 3 nitrogen and oxygen atoms in total. The third-order valence-corrected chi connectivity index (χ3v) is 5.43. The van der Waals surface area contributed by atoms with E-state index in [4.69, 9.17) is 10.5 Å². The minimum Gasteiger partial charge on any atom is -0.494 e. The van der Waals surface area contributed by atoms with Crippen molar-refractivity contribution in [1.82, 2.24) is 0 Å². The number of nitrogens with two attached hydrogens (primary N) is 1. The second-order valence-corrected chi connectivity index (χ2v) is 7.78. The summed E-state index contributed by atoms with van der Waals surface area (Å²) in [5.41, 5.74) is 5.76. The summed E-state index contributed by atoms with van der Waals surface area (Å²) in [5.74, 6) is 0.856. The lowest BCUT2D eigenvalue weighted by Gasteiger charge is -2.49. The van der Waals surface area contributed by atoms with Crippen LogP contribution in [0.4, 0.5) is 0 Å². The molecule has 1 aromatic rings. The quantitative estimate of drug-likeness (QED) is 0.845. The van der Waals surface area contributed by atoms with Crippen LogP contribution in [0.15, 0.2) is 28.7 Å². The molecule has 0 bridgehead atoms. The summed E-state index contributed by atoms with van der Waals surface area (Å²) in [4.78, 5) is 0. The maximum Gasteiger partial charge on any atom is 0.119 e. The molecule has 0 aromatic heterocycles. The number of benzene rings is 1. The fraction of sp³-hybridized carbons (Fsp3) is 0.647. The van der Waals surface area contributed by atoms with Gasteiger partial charge in [0.25, 0.3) is 0 Å². The van der Waals surface area contributed by atoms with Gasteiger partial charge >= 0.3 is 0 Å². The highest BCUT2D eigenvalue weighted by Crippen LogP contribution is 2.47. The van der Waals surface area contributed by atoms with Crippen LogP contribution in [0.1, 0.15) is 39.5 Å². The number of hydrogen-bond donors (Lipinski definition) is 2. The van der Waals surface area contributed by atoms with E-state index < -0.39 is 0 Å². The number of halogens is 1. The van der Waals surface area contributed by atoms with Gasteiger partial charge in [-0.3, -0.25) is 0 Å². The lowest BCUT2D eigenvalue weighted by molar-refractivity contribution is -0.0961. The van der Waals surface area contributed by atoms with Crippen molar-refractivity contribution < 1.29 is 9.84 Å². The van der Waals surface area contributed by atoms with Gasteiger partial charge < -0.3 is 15.6 Å². The molecule has 0 radical (unpaired) electrons. The molecule has 3 N–H and O–H groups in total. The van der Waals surface area contributed by atoms with Gasteiger partial charge in [0, 0.05) is 16.4 Å². The van der Waals surface area contributed by atoms with Crippen LogP contribution in [-0.4, -0.2) is 24.4 Å².